The van der Waals surface area contributed by atoms with Gasteiger partial charge in [-0.2, -0.15) is 5.26 Å². The van der Waals surface area contributed by atoms with Crippen molar-refractivity contribution in [1.82, 2.24) is 15.1 Å². The highest BCUT2D eigenvalue weighted by atomic mass is 15.3. The van der Waals surface area contributed by atoms with E-state index in [0.717, 1.165) is 12.8 Å². The Bertz CT molecular complexity index is 347. The normalized spacial score (nSPS) is 28.0. The van der Waals surface area contributed by atoms with Crippen LogP contribution < -0.4 is 5.32 Å². The molecular weight excluding hydrogens is 248 g/mol. The summed E-state index contributed by atoms with van der Waals surface area (Å²) >= 11 is 0. The maximum absolute atomic E-state index is 9.35. The molecule has 1 aliphatic carbocycles. The van der Waals surface area contributed by atoms with Gasteiger partial charge in [-0.15, -0.1) is 0 Å². The molecule has 1 N–H and O–H groups in total. The van der Waals surface area contributed by atoms with Gasteiger partial charge in [0.1, 0.15) is 5.54 Å². The molecule has 2 fully saturated rings. The second-order valence-corrected chi connectivity index (χ2v) is 6.95. The third-order valence-corrected chi connectivity index (χ3v) is 4.79. The molecule has 0 aromatic heterocycles. The van der Waals surface area contributed by atoms with Crippen molar-refractivity contribution >= 4 is 0 Å². The molecule has 0 radical (unpaired) electrons. The standard InChI is InChI=1S/C16H30N4/c1-14-12-20(11-10-19(14)3)9-5-4-8-16(2,13-17)18-15-6-7-15/h14-15,18H,4-12H2,1-3H3. The van der Waals surface area contributed by atoms with Gasteiger partial charge < -0.3 is 9.80 Å². The monoisotopic (exact) mass is 278 g/mol. The molecule has 1 aliphatic heterocycles. The number of nitriles is 1. The molecule has 0 amide bonds. The van der Waals surface area contributed by atoms with Gasteiger partial charge in [-0.25, -0.2) is 0 Å². The lowest BCUT2D eigenvalue weighted by Crippen LogP contribution is -2.50. The summed E-state index contributed by atoms with van der Waals surface area (Å²) in [5.74, 6) is 0. The van der Waals surface area contributed by atoms with Gasteiger partial charge in [0.05, 0.1) is 6.07 Å². The molecule has 4 nitrogen and oxygen atoms in total. The van der Waals surface area contributed by atoms with Crippen LogP contribution in [-0.4, -0.2) is 60.6 Å². The molecule has 1 saturated heterocycles. The smallest absolute Gasteiger partial charge is 0.104 e. The minimum Gasteiger partial charge on any atom is -0.301 e. The topological polar surface area (TPSA) is 42.3 Å². The van der Waals surface area contributed by atoms with Crippen LogP contribution in [0.25, 0.3) is 0 Å². The fraction of sp³-hybridized carbons (Fsp3) is 0.938. The minimum absolute atomic E-state index is 0.309. The predicted octanol–water partition coefficient (Wildman–Crippen LogP) is 1.83. The van der Waals surface area contributed by atoms with Crippen molar-refractivity contribution in [2.24, 2.45) is 0 Å². The lowest BCUT2D eigenvalue weighted by molar-refractivity contribution is 0.103. The highest BCUT2D eigenvalue weighted by Gasteiger charge is 2.32. The molecule has 0 spiro atoms. The van der Waals surface area contributed by atoms with Crippen LogP contribution in [0.5, 0.6) is 0 Å². The van der Waals surface area contributed by atoms with Crippen molar-refractivity contribution in [3.63, 3.8) is 0 Å². The quantitative estimate of drug-likeness (QED) is 0.722. The Morgan fingerprint density at radius 2 is 2.05 bits per heavy atom. The molecule has 2 aliphatic rings. The van der Waals surface area contributed by atoms with Gasteiger partial charge in [-0.3, -0.25) is 5.32 Å². The molecule has 2 rings (SSSR count). The van der Waals surface area contributed by atoms with E-state index < -0.39 is 0 Å². The maximum atomic E-state index is 9.35. The van der Waals surface area contributed by atoms with Crippen LogP contribution in [0.2, 0.25) is 0 Å². The van der Waals surface area contributed by atoms with Crippen LogP contribution >= 0.6 is 0 Å². The number of piperazine rings is 1. The van der Waals surface area contributed by atoms with Crippen LogP contribution in [0.15, 0.2) is 0 Å². The van der Waals surface area contributed by atoms with E-state index in [1.807, 2.05) is 0 Å². The van der Waals surface area contributed by atoms with Crippen LogP contribution in [0.1, 0.15) is 46.0 Å². The minimum atomic E-state index is -0.309. The molecule has 0 aromatic carbocycles. The first-order valence-corrected chi connectivity index (χ1v) is 8.14. The van der Waals surface area contributed by atoms with Crippen LogP contribution in [0.3, 0.4) is 0 Å². The largest absolute Gasteiger partial charge is 0.301 e. The Labute approximate surface area is 124 Å². The molecule has 0 aromatic rings. The Hall–Kier alpha value is -0.630. The van der Waals surface area contributed by atoms with E-state index in [2.05, 4.69) is 42.1 Å². The summed E-state index contributed by atoms with van der Waals surface area (Å²) in [7, 11) is 2.21. The number of nitrogens with zero attached hydrogens (tertiary/aromatic N) is 3. The van der Waals surface area contributed by atoms with Crippen LogP contribution in [0.4, 0.5) is 0 Å². The van der Waals surface area contributed by atoms with Crippen molar-refractivity contribution in [3.05, 3.63) is 0 Å². The van der Waals surface area contributed by atoms with E-state index in [1.165, 1.54) is 45.4 Å². The molecule has 1 heterocycles. The fourth-order valence-corrected chi connectivity index (χ4v) is 2.98. The van der Waals surface area contributed by atoms with E-state index in [9.17, 15) is 5.26 Å². The zero-order valence-corrected chi connectivity index (χ0v) is 13.4. The van der Waals surface area contributed by atoms with E-state index >= 15 is 0 Å². The summed E-state index contributed by atoms with van der Waals surface area (Å²) in [6, 6.07) is 3.75. The maximum Gasteiger partial charge on any atom is 0.104 e. The molecule has 2 atom stereocenters. The first-order chi connectivity index (χ1) is 9.52. The number of likely N-dealkylation sites (N-methyl/N-ethyl adjacent to an activating group) is 1. The zero-order chi connectivity index (χ0) is 14.6. The second-order valence-electron chi connectivity index (χ2n) is 6.95. The summed E-state index contributed by atoms with van der Waals surface area (Å²) in [4.78, 5) is 5.01. The third kappa shape index (κ3) is 4.73. The van der Waals surface area contributed by atoms with Crippen molar-refractivity contribution in [3.8, 4) is 6.07 Å². The number of hydrogen-bond acceptors (Lipinski definition) is 4. The molecule has 114 valence electrons. The van der Waals surface area contributed by atoms with Gasteiger partial charge in [0.2, 0.25) is 0 Å². The SMILES string of the molecule is CC1CN(CCCCC(C)(C#N)NC2CC2)CCN1C. The average molecular weight is 278 g/mol. The first-order valence-electron chi connectivity index (χ1n) is 8.14. The fourth-order valence-electron chi connectivity index (χ4n) is 2.98. The van der Waals surface area contributed by atoms with E-state index in [4.69, 9.17) is 0 Å². The number of nitrogens with one attached hydrogen (secondary N) is 1. The summed E-state index contributed by atoms with van der Waals surface area (Å²) in [5.41, 5.74) is -0.309. The summed E-state index contributed by atoms with van der Waals surface area (Å²) in [6.07, 6.45) is 5.82. The first kappa shape index (κ1) is 15.8. The lowest BCUT2D eigenvalue weighted by Gasteiger charge is -2.37. The van der Waals surface area contributed by atoms with Crippen LogP contribution in [0, 0.1) is 11.3 Å². The predicted molar refractivity (Wildman–Crippen MR) is 82.6 cm³/mol. The highest BCUT2D eigenvalue weighted by Crippen LogP contribution is 2.24. The van der Waals surface area contributed by atoms with Gasteiger partial charge in [-0.05, 0) is 59.5 Å². The van der Waals surface area contributed by atoms with Gasteiger partial charge >= 0.3 is 0 Å². The van der Waals surface area contributed by atoms with Crippen molar-refractivity contribution < 1.29 is 0 Å². The highest BCUT2D eigenvalue weighted by molar-refractivity contribution is 5.06. The molecule has 0 bridgehead atoms. The van der Waals surface area contributed by atoms with E-state index in [0.29, 0.717) is 12.1 Å². The summed E-state index contributed by atoms with van der Waals surface area (Å²) in [5, 5.41) is 12.8. The van der Waals surface area contributed by atoms with Crippen molar-refractivity contribution in [2.45, 2.75) is 63.6 Å². The van der Waals surface area contributed by atoms with Gasteiger partial charge in [-0.1, -0.05) is 0 Å². The Balaban J connectivity index is 1.62. The number of unbranched alkanes of at least 4 members (excludes halogenated alkanes) is 1. The second kappa shape index (κ2) is 6.89. The molecule has 2 unspecified atom stereocenters. The zero-order valence-electron chi connectivity index (χ0n) is 13.4. The van der Waals surface area contributed by atoms with Crippen molar-refractivity contribution in [1.29, 1.82) is 5.26 Å². The molecular formula is C16H30N4. The Morgan fingerprint density at radius 3 is 2.65 bits per heavy atom. The molecule has 4 heteroatoms. The van der Waals surface area contributed by atoms with Gasteiger partial charge in [0, 0.05) is 31.7 Å². The van der Waals surface area contributed by atoms with E-state index in [1.54, 1.807) is 0 Å². The Kier molecular flexibility index (Phi) is 5.42. The Morgan fingerprint density at radius 1 is 1.30 bits per heavy atom. The van der Waals surface area contributed by atoms with E-state index in [-0.39, 0.29) is 5.54 Å². The van der Waals surface area contributed by atoms with Crippen molar-refractivity contribution in [2.75, 3.05) is 33.2 Å². The molecule has 20 heavy (non-hydrogen) atoms. The van der Waals surface area contributed by atoms with Gasteiger partial charge in [0.15, 0.2) is 0 Å². The number of hydrogen-bond donors (Lipinski definition) is 1. The third-order valence-electron chi connectivity index (χ3n) is 4.79. The molecule has 1 saturated carbocycles. The number of rotatable bonds is 7. The summed E-state index contributed by atoms with van der Waals surface area (Å²) in [6.45, 7) is 9.11. The van der Waals surface area contributed by atoms with Crippen LogP contribution in [-0.2, 0) is 0 Å². The average Bonchev–Trinajstić information content (AvgIpc) is 3.22. The van der Waals surface area contributed by atoms with Gasteiger partial charge in [0.25, 0.3) is 0 Å². The lowest BCUT2D eigenvalue weighted by atomic mass is 9.96. The summed E-state index contributed by atoms with van der Waals surface area (Å²) < 4.78 is 0.